The van der Waals surface area contributed by atoms with E-state index in [2.05, 4.69) is 21.5 Å². The third kappa shape index (κ3) is 7.42. The van der Waals surface area contributed by atoms with Gasteiger partial charge in [-0.15, -0.1) is 0 Å². The number of carbonyl (C=O) groups is 2. The minimum atomic E-state index is -0.696. The van der Waals surface area contributed by atoms with Crippen LogP contribution in [0.4, 0.5) is 0 Å². The lowest BCUT2D eigenvalue weighted by Gasteiger charge is -2.23. The Morgan fingerprint density at radius 3 is 2.44 bits per heavy atom. The lowest BCUT2D eigenvalue weighted by Crippen LogP contribution is -2.57. The molecule has 1 saturated carbocycles. The maximum Gasteiger partial charge on any atom is 0.261 e. The predicted molar refractivity (Wildman–Crippen MR) is 108 cm³/mol. The molecule has 1 aliphatic rings. The molecule has 7 nitrogen and oxygen atoms in total. The van der Waals surface area contributed by atoms with Crippen LogP contribution in [0.25, 0.3) is 0 Å². The number of carbonyl (C=O) groups excluding carboxylic acids is 2. The second kappa shape index (κ2) is 10.7. The first-order valence-corrected chi connectivity index (χ1v) is 9.70. The molecule has 0 bridgehead atoms. The molecule has 1 aliphatic carbocycles. The average molecular weight is 393 g/mol. The van der Waals surface area contributed by atoms with Gasteiger partial charge in [-0.3, -0.25) is 20.4 Å². The van der Waals surface area contributed by atoms with Crippen LogP contribution in [0.2, 0.25) is 0 Å². The van der Waals surface area contributed by atoms with Gasteiger partial charge in [0, 0.05) is 6.04 Å². The topological polar surface area (TPSA) is 91.5 Å². The minimum absolute atomic E-state index is 0.0937. The number of benzene rings is 1. The van der Waals surface area contributed by atoms with E-state index in [1.165, 1.54) is 12.8 Å². The third-order valence-electron chi connectivity index (χ3n) is 4.37. The molecule has 1 aromatic carbocycles. The van der Waals surface area contributed by atoms with Crippen LogP contribution in [0.5, 0.6) is 5.75 Å². The van der Waals surface area contributed by atoms with Gasteiger partial charge in [-0.05, 0) is 43.1 Å². The molecule has 0 unspecified atom stereocenters. The van der Waals surface area contributed by atoms with Gasteiger partial charge >= 0.3 is 0 Å². The van der Waals surface area contributed by atoms with Gasteiger partial charge in [-0.25, -0.2) is 0 Å². The summed E-state index contributed by atoms with van der Waals surface area (Å²) in [7, 11) is 0. The molecule has 1 aromatic rings. The number of rotatable bonds is 7. The van der Waals surface area contributed by atoms with E-state index >= 15 is 0 Å². The fourth-order valence-corrected chi connectivity index (χ4v) is 3.12. The standard InChI is InChI=1S/C19H28N4O3S/c1-13(2)17(21-16(24)12-26-15-10-4-3-5-11-15)18(25)22-23-19(27)20-14-8-6-7-9-14/h3-5,10-11,13-14,17H,6-9,12H2,1-2H3,(H,21,24)(H,22,25)(H2,20,23,27)/t17-/m0/s1. The highest BCUT2D eigenvalue weighted by atomic mass is 32.1. The van der Waals surface area contributed by atoms with E-state index in [1.807, 2.05) is 32.0 Å². The van der Waals surface area contributed by atoms with Crippen LogP contribution >= 0.6 is 12.2 Å². The van der Waals surface area contributed by atoms with Crippen molar-refractivity contribution in [2.24, 2.45) is 5.92 Å². The first-order chi connectivity index (χ1) is 13.0. The van der Waals surface area contributed by atoms with Crippen molar-refractivity contribution < 1.29 is 14.3 Å². The molecule has 4 N–H and O–H groups in total. The van der Waals surface area contributed by atoms with E-state index < -0.39 is 6.04 Å². The molecule has 2 rings (SSSR count). The molecule has 1 fully saturated rings. The van der Waals surface area contributed by atoms with Gasteiger partial charge in [0.2, 0.25) is 0 Å². The van der Waals surface area contributed by atoms with Gasteiger partial charge < -0.3 is 15.4 Å². The number of amides is 2. The fourth-order valence-electron chi connectivity index (χ4n) is 2.90. The van der Waals surface area contributed by atoms with E-state index in [0.29, 0.717) is 16.9 Å². The van der Waals surface area contributed by atoms with Crippen molar-refractivity contribution in [2.75, 3.05) is 6.61 Å². The highest BCUT2D eigenvalue weighted by Gasteiger charge is 2.24. The van der Waals surface area contributed by atoms with Crippen molar-refractivity contribution in [3.63, 3.8) is 0 Å². The van der Waals surface area contributed by atoms with E-state index in [4.69, 9.17) is 17.0 Å². The first-order valence-electron chi connectivity index (χ1n) is 9.29. The average Bonchev–Trinajstić information content (AvgIpc) is 3.16. The molecule has 0 aromatic heterocycles. The summed E-state index contributed by atoms with van der Waals surface area (Å²) < 4.78 is 5.41. The number of hydrogen-bond donors (Lipinski definition) is 4. The van der Waals surface area contributed by atoms with Crippen LogP contribution in [0, 0.1) is 5.92 Å². The number of hydrazine groups is 1. The maximum absolute atomic E-state index is 12.4. The zero-order chi connectivity index (χ0) is 19.6. The molecule has 8 heteroatoms. The number of nitrogens with one attached hydrogen (secondary N) is 4. The summed E-state index contributed by atoms with van der Waals surface area (Å²) in [5.74, 6) is -0.208. The number of para-hydroxylation sites is 1. The van der Waals surface area contributed by atoms with Gasteiger partial charge in [0.1, 0.15) is 11.8 Å². The Hall–Kier alpha value is -2.35. The van der Waals surface area contributed by atoms with Crippen molar-refractivity contribution in [3.05, 3.63) is 30.3 Å². The summed E-state index contributed by atoms with van der Waals surface area (Å²) in [6.45, 7) is 3.56. The van der Waals surface area contributed by atoms with Gasteiger partial charge in [0.05, 0.1) is 0 Å². The SMILES string of the molecule is CC(C)[C@H](NC(=O)COc1ccccc1)C(=O)NNC(=S)NC1CCCC1. The largest absolute Gasteiger partial charge is 0.484 e. The Balaban J connectivity index is 1.75. The molecule has 0 radical (unpaired) electrons. The Morgan fingerprint density at radius 1 is 1.15 bits per heavy atom. The smallest absolute Gasteiger partial charge is 0.261 e. The van der Waals surface area contributed by atoms with Gasteiger partial charge in [0.25, 0.3) is 11.8 Å². The van der Waals surface area contributed by atoms with Crippen molar-refractivity contribution in [1.82, 2.24) is 21.5 Å². The minimum Gasteiger partial charge on any atom is -0.484 e. The van der Waals surface area contributed by atoms with Crippen molar-refractivity contribution >= 4 is 29.1 Å². The van der Waals surface area contributed by atoms with Gasteiger partial charge in [-0.2, -0.15) is 0 Å². The molecule has 0 aliphatic heterocycles. The summed E-state index contributed by atoms with van der Waals surface area (Å²) in [5.41, 5.74) is 5.28. The summed E-state index contributed by atoms with van der Waals surface area (Å²) in [6.07, 6.45) is 4.56. The quantitative estimate of drug-likeness (QED) is 0.417. The Bertz CT molecular complexity index is 633. The summed E-state index contributed by atoms with van der Waals surface area (Å²) >= 11 is 5.20. The summed E-state index contributed by atoms with van der Waals surface area (Å²) in [4.78, 5) is 24.5. The van der Waals surface area contributed by atoms with E-state index in [9.17, 15) is 9.59 Å². The van der Waals surface area contributed by atoms with E-state index in [-0.39, 0.29) is 24.3 Å². The Kier molecular flexibility index (Phi) is 8.32. The first kappa shape index (κ1) is 21.0. The molecular weight excluding hydrogens is 364 g/mol. The van der Waals surface area contributed by atoms with Crippen LogP contribution in [0.3, 0.4) is 0 Å². The molecule has 2 amide bonds. The summed E-state index contributed by atoms with van der Waals surface area (Å²) in [5, 5.41) is 6.27. The number of hydrogen-bond acceptors (Lipinski definition) is 4. The second-order valence-electron chi connectivity index (χ2n) is 6.96. The second-order valence-corrected chi connectivity index (χ2v) is 7.37. The summed E-state index contributed by atoms with van der Waals surface area (Å²) in [6, 6.07) is 8.71. The molecule has 27 heavy (non-hydrogen) atoms. The van der Waals surface area contributed by atoms with Crippen LogP contribution < -0.4 is 26.2 Å². The van der Waals surface area contributed by atoms with Gasteiger partial charge in [0.15, 0.2) is 11.7 Å². The zero-order valence-corrected chi connectivity index (χ0v) is 16.6. The van der Waals surface area contributed by atoms with E-state index in [0.717, 1.165) is 12.8 Å². The van der Waals surface area contributed by atoms with E-state index in [1.54, 1.807) is 12.1 Å². The Labute approximate surface area is 165 Å². The molecular formula is C19H28N4O3S. The van der Waals surface area contributed by atoms with Crippen LogP contribution in [0.15, 0.2) is 30.3 Å². The van der Waals surface area contributed by atoms with Crippen LogP contribution in [-0.4, -0.2) is 35.6 Å². The van der Waals surface area contributed by atoms with Crippen molar-refractivity contribution in [3.8, 4) is 5.75 Å². The number of ether oxygens (including phenoxy) is 1. The maximum atomic E-state index is 12.4. The monoisotopic (exact) mass is 392 g/mol. The number of thiocarbonyl (C=S) groups is 1. The molecule has 0 saturated heterocycles. The third-order valence-corrected chi connectivity index (χ3v) is 4.59. The molecule has 148 valence electrons. The zero-order valence-electron chi connectivity index (χ0n) is 15.8. The fraction of sp³-hybridized carbons (Fsp3) is 0.526. The van der Waals surface area contributed by atoms with Crippen molar-refractivity contribution in [2.45, 2.75) is 51.6 Å². The molecule has 0 heterocycles. The van der Waals surface area contributed by atoms with Crippen molar-refractivity contribution in [1.29, 1.82) is 0 Å². The molecule has 0 spiro atoms. The molecule has 1 atom stereocenters. The highest BCUT2D eigenvalue weighted by molar-refractivity contribution is 7.80. The highest BCUT2D eigenvalue weighted by Crippen LogP contribution is 2.17. The normalized spacial score (nSPS) is 15.1. The van der Waals surface area contributed by atoms with Crippen LogP contribution in [-0.2, 0) is 9.59 Å². The predicted octanol–water partition coefficient (Wildman–Crippen LogP) is 1.64. The Morgan fingerprint density at radius 2 is 1.81 bits per heavy atom. The lowest BCUT2D eigenvalue weighted by molar-refractivity contribution is -0.131. The van der Waals surface area contributed by atoms with Crippen LogP contribution in [0.1, 0.15) is 39.5 Å². The lowest BCUT2D eigenvalue weighted by atomic mass is 10.0. The van der Waals surface area contributed by atoms with Gasteiger partial charge in [-0.1, -0.05) is 44.9 Å².